The number of nitrogens with two attached hydrogens (primary N) is 1. The second-order valence-electron chi connectivity index (χ2n) is 5.59. The van der Waals surface area contributed by atoms with Gasteiger partial charge in [-0.2, -0.15) is 0 Å². The Morgan fingerprint density at radius 2 is 2.19 bits per heavy atom. The van der Waals surface area contributed by atoms with E-state index >= 15 is 0 Å². The van der Waals surface area contributed by atoms with E-state index in [-0.39, 0.29) is 11.8 Å². The maximum Gasteiger partial charge on any atom is 0.225 e. The van der Waals surface area contributed by atoms with Crippen LogP contribution in [0.4, 0.5) is 5.82 Å². The van der Waals surface area contributed by atoms with Gasteiger partial charge in [0.2, 0.25) is 5.91 Å². The predicted octanol–water partition coefficient (Wildman–Crippen LogP) is 1.06. The lowest BCUT2D eigenvalue weighted by molar-refractivity contribution is -0.137. The van der Waals surface area contributed by atoms with Crippen molar-refractivity contribution in [2.24, 2.45) is 5.92 Å². The molecule has 0 bridgehead atoms. The summed E-state index contributed by atoms with van der Waals surface area (Å²) in [5.41, 5.74) is 7.16. The zero-order chi connectivity index (χ0) is 14.8. The van der Waals surface area contributed by atoms with Crippen LogP contribution in [-0.4, -0.2) is 43.4 Å². The molecule has 3 rings (SSSR count). The molecule has 0 spiro atoms. The molecule has 0 aliphatic carbocycles. The minimum atomic E-state index is 0.167. The molecule has 1 atom stereocenters. The number of piperidine rings is 1. The maximum atomic E-state index is 12.0. The summed E-state index contributed by atoms with van der Waals surface area (Å²) >= 11 is 0. The fourth-order valence-electron chi connectivity index (χ4n) is 2.85. The minimum absolute atomic E-state index is 0.167. The number of rotatable bonds is 4. The van der Waals surface area contributed by atoms with Crippen LogP contribution in [0.1, 0.15) is 26.2 Å². The third kappa shape index (κ3) is 2.68. The molecule has 1 saturated heterocycles. The van der Waals surface area contributed by atoms with Gasteiger partial charge in [-0.05, 0) is 19.3 Å². The molecule has 2 aromatic heterocycles. The van der Waals surface area contributed by atoms with Gasteiger partial charge in [-0.3, -0.25) is 4.79 Å². The second-order valence-corrected chi connectivity index (χ2v) is 5.59. The van der Waals surface area contributed by atoms with Crippen molar-refractivity contribution in [3.05, 3.63) is 12.7 Å². The van der Waals surface area contributed by atoms with Crippen LogP contribution in [-0.2, 0) is 11.3 Å². The average molecular weight is 288 g/mol. The Bertz CT molecular complexity index is 652. The molecule has 1 fully saturated rings. The van der Waals surface area contributed by atoms with Gasteiger partial charge in [0.1, 0.15) is 11.8 Å². The van der Waals surface area contributed by atoms with E-state index in [9.17, 15) is 4.79 Å². The van der Waals surface area contributed by atoms with E-state index in [2.05, 4.69) is 15.0 Å². The fourth-order valence-corrected chi connectivity index (χ4v) is 2.85. The summed E-state index contributed by atoms with van der Waals surface area (Å²) in [6.07, 6.45) is 6.18. The average Bonchev–Trinajstić information content (AvgIpc) is 2.88. The summed E-state index contributed by atoms with van der Waals surface area (Å²) in [6.45, 7) is 4.44. The van der Waals surface area contributed by atoms with E-state index in [1.807, 2.05) is 16.4 Å². The van der Waals surface area contributed by atoms with Crippen molar-refractivity contribution in [2.75, 3.05) is 18.8 Å². The highest BCUT2D eigenvalue weighted by molar-refractivity contribution is 5.81. The Hall–Kier alpha value is -2.18. The second kappa shape index (κ2) is 5.67. The van der Waals surface area contributed by atoms with Crippen LogP contribution in [0.5, 0.6) is 0 Å². The Morgan fingerprint density at radius 3 is 3.05 bits per heavy atom. The van der Waals surface area contributed by atoms with E-state index in [1.165, 1.54) is 6.33 Å². The number of nitrogens with zero attached hydrogens (tertiary/aromatic N) is 5. The molecule has 1 amide bonds. The lowest BCUT2D eigenvalue weighted by Gasteiger charge is -2.30. The van der Waals surface area contributed by atoms with Gasteiger partial charge < -0.3 is 15.2 Å². The van der Waals surface area contributed by atoms with Crippen LogP contribution >= 0.6 is 0 Å². The van der Waals surface area contributed by atoms with E-state index < -0.39 is 0 Å². The molecule has 0 radical (unpaired) electrons. The van der Waals surface area contributed by atoms with Crippen molar-refractivity contribution in [1.82, 2.24) is 24.4 Å². The van der Waals surface area contributed by atoms with Crippen molar-refractivity contribution < 1.29 is 4.79 Å². The van der Waals surface area contributed by atoms with Gasteiger partial charge in [0, 0.05) is 25.6 Å². The van der Waals surface area contributed by atoms with Crippen LogP contribution in [0.25, 0.3) is 11.2 Å². The standard InChI is InChI=1S/C14H20N6O/c1-10-4-2-5-19(14(10)21)6-3-7-20-9-18-11-12(15)16-8-17-13(11)20/h8-10H,2-7H2,1H3,(H2,15,16,17). The molecule has 7 heteroatoms. The van der Waals surface area contributed by atoms with E-state index in [4.69, 9.17) is 5.73 Å². The Morgan fingerprint density at radius 1 is 1.33 bits per heavy atom. The number of likely N-dealkylation sites (tertiary alicyclic amines) is 1. The third-order valence-corrected chi connectivity index (χ3v) is 4.05. The van der Waals surface area contributed by atoms with Crippen LogP contribution < -0.4 is 5.73 Å². The summed E-state index contributed by atoms with van der Waals surface area (Å²) < 4.78 is 1.96. The topological polar surface area (TPSA) is 89.9 Å². The molecule has 1 aliphatic heterocycles. The molecule has 2 N–H and O–H groups in total. The first-order valence-corrected chi connectivity index (χ1v) is 7.37. The number of fused-ring (bicyclic) bond motifs is 1. The van der Waals surface area contributed by atoms with E-state index in [0.29, 0.717) is 11.3 Å². The summed E-state index contributed by atoms with van der Waals surface area (Å²) in [4.78, 5) is 26.4. The number of nitrogen functional groups attached to an aromatic ring is 1. The molecule has 21 heavy (non-hydrogen) atoms. The zero-order valence-corrected chi connectivity index (χ0v) is 12.2. The predicted molar refractivity (Wildman–Crippen MR) is 79.3 cm³/mol. The number of carbonyl (C=O) groups is 1. The first-order chi connectivity index (χ1) is 10.2. The molecule has 7 nitrogen and oxygen atoms in total. The van der Waals surface area contributed by atoms with E-state index in [1.54, 1.807) is 6.33 Å². The summed E-state index contributed by atoms with van der Waals surface area (Å²) in [6, 6.07) is 0. The smallest absolute Gasteiger partial charge is 0.225 e. The SMILES string of the molecule is CC1CCCN(CCCn2cnc3c(N)ncnc32)C1=O. The highest BCUT2D eigenvalue weighted by Gasteiger charge is 2.24. The third-order valence-electron chi connectivity index (χ3n) is 4.05. The Balaban J connectivity index is 1.62. The molecular weight excluding hydrogens is 268 g/mol. The van der Waals surface area contributed by atoms with Gasteiger partial charge in [0.05, 0.1) is 6.33 Å². The van der Waals surface area contributed by atoms with Gasteiger partial charge in [-0.25, -0.2) is 15.0 Å². The minimum Gasteiger partial charge on any atom is -0.382 e. The molecule has 3 heterocycles. The first-order valence-electron chi connectivity index (χ1n) is 7.37. The van der Waals surface area contributed by atoms with Crippen molar-refractivity contribution >= 4 is 22.9 Å². The van der Waals surface area contributed by atoms with E-state index in [0.717, 1.165) is 44.5 Å². The van der Waals surface area contributed by atoms with Crippen molar-refractivity contribution in [3.8, 4) is 0 Å². The Labute approximate surface area is 123 Å². The van der Waals surface area contributed by atoms with Gasteiger partial charge in [0.25, 0.3) is 0 Å². The molecule has 1 unspecified atom stereocenters. The number of aryl methyl sites for hydroxylation is 1. The lowest BCUT2D eigenvalue weighted by atomic mass is 9.99. The van der Waals surface area contributed by atoms with Crippen molar-refractivity contribution in [2.45, 2.75) is 32.7 Å². The van der Waals surface area contributed by atoms with Gasteiger partial charge in [-0.1, -0.05) is 6.92 Å². The number of carbonyl (C=O) groups excluding carboxylic acids is 1. The highest BCUT2D eigenvalue weighted by Crippen LogP contribution is 2.18. The number of imidazole rings is 1. The molecule has 0 aromatic carbocycles. The van der Waals surface area contributed by atoms with Crippen LogP contribution in [0.2, 0.25) is 0 Å². The normalized spacial score (nSPS) is 19.4. The van der Waals surface area contributed by atoms with Crippen LogP contribution in [0.15, 0.2) is 12.7 Å². The van der Waals surface area contributed by atoms with Crippen LogP contribution in [0, 0.1) is 5.92 Å². The molecule has 112 valence electrons. The maximum absolute atomic E-state index is 12.0. The number of hydrogen-bond acceptors (Lipinski definition) is 5. The largest absolute Gasteiger partial charge is 0.382 e. The van der Waals surface area contributed by atoms with Crippen molar-refractivity contribution in [3.63, 3.8) is 0 Å². The number of amides is 1. The number of anilines is 1. The molecule has 2 aromatic rings. The number of hydrogen-bond donors (Lipinski definition) is 1. The first kappa shape index (κ1) is 13.8. The quantitative estimate of drug-likeness (QED) is 0.908. The Kier molecular flexibility index (Phi) is 3.72. The van der Waals surface area contributed by atoms with Crippen molar-refractivity contribution in [1.29, 1.82) is 0 Å². The molecule has 1 aliphatic rings. The molecular formula is C14H20N6O. The highest BCUT2D eigenvalue weighted by atomic mass is 16.2. The molecule has 0 saturated carbocycles. The van der Waals surface area contributed by atoms with Gasteiger partial charge in [0.15, 0.2) is 11.5 Å². The van der Waals surface area contributed by atoms with Gasteiger partial charge in [-0.15, -0.1) is 0 Å². The lowest BCUT2D eigenvalue weighted by Crippen LogP contribution is -2.40. The number of aromatic nitrogens is 4. The zero-order valence-electron chi connectivity index (χ0n) is 12.2. The van der Waals surface area contributed by atoms with Crippen LogP contribution in [0.3, 0.4) is 0 Å². The van der Waals surface area contributed by atoms with Gasteiger partial charge >= 0.3 is 0 Å². The summed E-state index contributed by atoms with van der Waals surface area (Å²) in [7, 11) is 0. The monoisotopic (exact) mass is 288 g/mol. The fraction of sp³-hybridized carbons (Fsp3) is 0.571. The summed E-state index contributed by atoms with van der Waals surface area (Å²) in [5, 5.41) is 0. The summed E-state index contributed by atoms with van der Waals surface area (Å²) in [5.74, 6) is 0.849.